The first-order valence-corrected chi connectivity index (χ1v) is 6.40. The van der Waals surface area contributed by atoms with Crippen LogP contribution >= 0.6 is 0 Å². The van der Waals surface area contributed by atoms with E-state index in [1.807, 2.05) is 6.20 Å². The largest absolute Gasteiger partial charge is 0.396 e. The van der Waals surface area contributed by atoms with Gasteiger partial charge in [-0.1, -0.05) is 26.0 Å². The summed E-state index contributed by atoms with van der Waals surface area (Å²) in [5.41, 5.74) is 0.960. The van der Waals surface area contributed by atoms with Gasteiger partial charge >= 0.3 is 0 Å². The lowest BCUT2D eigenvalue weighted by molar-refractivity contribution is 0.276. The van der Waals surface area contributed by atoms with Crippen molar-refractivity contribution in [2.45, 2.75) is 52.7 Å². The van der Waals surface area contributed by atoms with Crippen molar-refractivity contribution in [1.29, 1.82) is 0 Å². The summed E-state index contributed by atoms with van der Waals surface area (Å²) >= 11 is 0. The van der Waals surface area contributed by atoms with Crippen LogP contribution in [0.25, 0.3) is 0 Å². The van der Waals surface area contributed by atoms with Gasteiger partial charge in [0.05, 0.1) is 5.69 Å². The third-order valence-corrected chi connectivity index (χ3v) is 2.92. The lowest BCUT2D eigenvalue weighted by Crippen LogP contribution is -2.32. The summed E-state index contributed by atoms with van der Waals surface area (Å²) in [7, 11) is 0. The number of aliphatic hydroxyl groups excluding tert-OH is 1. The highest BCUT2D eigenvalue weighted by Gasteiger charge is 2.10. The third-order valence-electron chi connectivity index (χ3n) is 2.92. The highest BCUT2D eigenvalue weighted by molar-refractivity contribution is 4.92. The molecule has 0 amide bonds. The summed E-state index contributed by atoms with van der Waals surface area (Å²) in [5.74, 6) is 0.629. The summed E-state index contributed by atoms with van der Waals surface area (Å²) in [6, 6.07) is 0.526. The zero-order chi connectivity index (χ0) is 12.7. The van der Waals surface area contributed by atoms with Gasteiger partial charge in [-0.3, -0.25) is 4.68 Å². The molecule has 0 bridgehead atoms. The van der Waals surface area contributed by atoms with E-state index in [0.717, 1.165) is 31.6 Å². The second-order valence-electron chi connectivity index (χ2n) is 4.69. The molecule has 0 aliphatic heterocycles. The summed E-state index contributed by atoms with van der Waals surface area (Å²) < 4.78 is 1.78. The molecule has 1 atom stereocenters. The SMILES string of the molecule is CCC(NCc1cn(CCCO)nn1)C(C)C. The van der Waals surface area contributed by atoms with Crippen molar-refractivity contribution in [2.24, 2.45) is 5.92 Å². The molecule has 0 radical (unpaired) electrons. The molecule has 1 aromatic rings. The summed E-state index contributed by atoms with van der Waals surface area (Å²) in [4.78, 5) is 0. The molecule has 0 aliphatic rings. The summed E-state index contributed by atoms with van der Waals surface area (Å²) in [6.45, 7) is 8.31. The van der Waals surface area contributed by atoms with Gasteiger partial charge in [0.15, 0.2) is 0 Å². The fourth-order valence-corrected chi connectivity index (χ4v) is 1.85. The van der Waals surface area contributed by atoms with E-state index in [9.17, 15) is 0 Å². The van der Waals surface area contributed by atoms with E-state index in [-0.39, 0.29) is 6.61 Å². The van der Waals surface area contributed by atoms with Gasteiger partial charge in [0, 0.05) is 31.9 Å². The Bertz CT molecular complexity index is 311. The molecule has 2 N–H and O–H groups in total. The Morgan fingerprint density at radius 1 is 1.47 bits per heavy atom. The van der Waals surface area contributed by atoms with Crippen molar-refractivity contribution in [1.82, 2.24) is 20.3 Å². The monoisotopic (exact) mass is 240 g/mol. The maximum absolute atomic E-state index is 8.73. The molecular weight excluding hydrogens is 216 g/mol. The lowest BCUT2D eigenvalue weighted by atomic mass is 10.0. The first kappa shape index (κ1) is 14.1. The predicted molar refractivity (Wildman–Crippen MR) is 67.5 cm³/mol. The number of rotatable bonds is 8. The number of aromatic nitrogens is 3. The Balaban J connectivity index is 2.38. The van der Waals surface area contributed by atoms with Crippen LogP contribution < -0.4 is 5.32 Å². The van der Waals surface area contributed by atoms with E-state index in [0.29, 0.717) is 12.0 Å². The highest BCUT2D eigenvalue weighted by Crippen LogP contribution is 2.06. The quantitative estimate of drug-likeness (QED) is 0.716. The maximum atomic E-state index is 8.73. The van der Waals surface area contributed by atoms with Crippen LogP contribution in [-0.2, 0) is 13.1 Å². The minimum Gasteiger partial charge on any atom is -0.396 e. The van der Waals surface area contributed by atoms with Gasteiger partial charge in [-0.2, -0.15) is 0 Å². The molecule has 1 heterocycles. The van der Waals surface area contributed by atoms with E-state index >= 15 is 0 Å². The number of hydrogen-bond donors (Lipinski definition) is 2. The molecule has 5 nitrogen and oxygen atoms in total. The van der Waals surface area contributed by atoms with E-state index in [2.05, 4.69) is 36.4 Å². The van der Waals surface area contributed by atoms with Gasteiger partial charge in [0.25, 0.3) is 0 Å². The van der Waals surface area contributed by atoms with E-state index in [4.69, 9.17) is 5.11 Å². The van der Waals surface area contributed by atoms with Crippen LogP contribution in [0, 0.1) is 5.92 Å². The molecular formula is C12H24N4O. The number of hydrogen-bond acceptors (Lipinski definition) is 4. The molecule has 0 fully saturated rings. The van der Waals surface area contributed by atoms with E-state index < -0.39 is 0 Å². The molecule has 98 valence electrons. The zero-order valence-electron chi connectivity index (χ0n) is 11.1. The van der Waals surface area contributed by atoms with Gasteiger partial charge in [-0.15, -0.1) is 5.10 Å². The smallest absolute Gasteiger partial charge is 0.0964 e. The minimum atomic E-state index is 0.193. The van der Waals surface area contributed by atoms with Crippen molar-refractivity contribution in [3.63, 3.8) is 0 Å². The van der Waals surface area contributed by atoms with Crippen LogP contribution in [0.15, 0.2) is 6.20 Å². The fourth-order valence-electron chi connectivity index (χ4n) is 1.85. The van der Waals surface area contributed by atoms with E-state index in [1.54, 1.807) is 4.68 Å². The minimum absolute atomic E-state index is 0.193. The highest BCUT2D eigenvalue weighted by atomic mass is 16.3. The Kier molecular flexibility index (Phi) is 6.15. The first-order valence-electron chi connectivity index (χ1n) is 6.40. The number of aryl methyl sites for hydroxylation is 1. The van der Waals surface area contributed by atoms with Crippen molar-refractivity contribution in [3.05, 3.63) is 11.9 Å². The molecule has 0 aliphatic carbocycles. The number of aliphatic hydroxyl groups is 1. The Hall–Kier alpha value is -0.940. The van der Waals surface area contributed by atoms with Crippen molar-refractivity contribution < 1.29 is 5.11 Å². The fraction of sp³-hybridized carbons (Fsp3) is 0.833. The van der Waals surface area contributed by atoms with Crippen LogP contribution in [0.4, 0.5) is 0 Å². The molecule has 5 heteroatoms. The second-order valence-corrected chi connectivity index (χ2v) is 4.69. The Labute approximate surface area is 103 Å². The van der Waals surface area contributed by atoms with Crippen LogP contribution in [0.3, 0.4) is 0 Å². The predicted octanol–water partition coefficient (Wildman–Crippen LogP) is 1.18. The summed E-state index contributed by atoms with van der Waals surface area (Å²) in [5, 5.41) is 20.3. The average Bonchev–Trinajstić information content (AvgIpc) is 2.75. The zero-order valence-corrected chi connectivity index (χ0v) is 11.1. The topological polar surface area (TPSA) is 63.0 Å². The normalized spacial score (nSPS) is 13.2. The maximum Gasteiger partial charge on any atom is 0.0964 e. The van der Waals surface area contributed by atoms with Crippen LogP contribution in [0.5, 0.6) is 0 Å². The van der Waals surface area contributed by atoms with Gasteiger partial charge in [-0.25, -0.2) is 0 Å². The standard InChI is InChI=1S/C12H24N4O/c1-4-12(10(2)3)13-8-11-9-16(15-14-11)6-5-7-17/h9-10,12-13,17H,4-8H2,1-3H3. The van der Waals surface area contributed by atoms with Crippen LogP contribution in [0.1, 0.15) is 39.3 Å². The number of nitrogens with zero attached hydrogens (tertiary/aromatic N) is 3. The average molecular weight is 240 g/mol. The van der Waals surface area contributed by atoms with Crippen molar-refractivity contribution in [3.8, 4) is 0 Å². The lowest BCUT2D eigenvalue weighted by Gasteiger charge is -2.19. The van der Waals surface area contributed by atoms with Gasteiger partial charge in [0.2, 0.25) is 0 Å². The molecule has 1 aromatic heterocycles. The van der Waals surface area contributed by atoms with Crippen molar-refractivity contribution in [2.75, 3.05) is 6.61 Å². The number of nitrogens with one attached hydrogen (secondary N) is 1. The van der Waals surface area contributed by atoms with E-state index in [1.165, 1.54) is 0 Å². The Morgan fingerprint density at radius 3 is 2.82 bits per heavy atom. The van der Waals surface area contributed by atoms with Gasteiger partial charge < -0.3 is 10.4 Å². The molecule has 17 heavy (non-hydrogen) atoms. The van der Waals surface area contributed by atoms with Crippen molar-refractivity contribution >= 4 is 0 Å². The molecule has 0 saturated carbocycles. The third kappa shape index (κ3) is 4.83. The molecule has 0 spiro atoms. The molecule has 0 aromatic carbocycles. The van der Waals surface area contributed by atoms with Crippen LogP contribution in [0.2, 0.25) is 0 Å². The first-order chi connectivity index (χ1) is 8.17. The van der Waals surface area contributed by atoms with Crippen LogP contribution in [-0.4, -0.2) is 32.7 Å². The van der Waals surface area contributed by atoms with Gasteiger partial charge in [-0.05, 0) is 18.8 Å². The summed E-state index contributed by atoms with van der Waals surface area (Å²) in [6.07, 6.45) is 3.78. The molecule has 1 rings (SSSR count). The second kappa shape index (κ2) is 7.40. The molecule has 0 saturated heterocycles. The molecule has 1 unspecified atom stereocenters. The Morgan fingerprint density at radius 2 is 2.24 bits per heavy atom. The van der Waals surface area contributed by atoms with Gasteiger partial charge in [0.1, 0.15) is 0 Å².